The number of pyridine rings is 1. The predicted molar refractivity (Wildman–Crippen MR) is 67.4 cm³/mol. The highest BCUT2D eigenvalue weighted by Crippen LogP contribution is 2.35. The van der Waals surface area contributed by atoms with E-state index in [0.29, 0.717) is 5.69 Å². The normalized spacial score (nSPS) is 20.4. The number of nitrogens with one attached hydrogen (secondary N) is 1. The Morgan fingerprint density at radius 1 is 1.44 bits per heavy atom. The van der Waals surface area contributed by atoms with Crippen molar-refractivity contribution in [2.75, 3.05) is 0 Å². The molecule has 3 rings (SSSR count). The zero-order valence-electron chi connectivity index (χ0n) is 9.87. The van der Waals surface area contributed by atoms with E-state index in [4.69, 9.17) is 0 Å². The fraction of sp³-hybridized carbons (Fsp3) is 0.214. The van der Waals surface area contributed by atoms with Gasteiger partial charge in [0, 0.05) is 41.0 Å². The van der Waals surface area contributed by atoms with Crippen molar-refractivity contribution in [3.8, 4) is 0 Å². The van der Waals surface area contributed by atoms with Crippen molar-refractivity contribution in [2.24, 2.45) is 0 Å². The minimum absolute atomic E-state index is 0.108. The number of fused-ring (bicyclic) bond motifs is 1. The summed E-state index contributed by atoms with van der Waals surface area (Å²) in [5.74, 6) is -0.495. The van der Waals surface area contributed by atoms with E-state index in [1.807, 2.05) is 0 Å². The molecule has 0 saturated carbocycles. The van der Waals surface area contributed by atoms with Crippen molar-refractivity contribution < 1.29 is 8.78 Å². The predicted octanol–water partition coefficient (Wildman–Crippen LogP) is 3.93. The summed E-state index contributed by atoms with van der Waals surface area (Å²) in [6.45, 7) is 1.73. The number of rotatable bonds is 1. The lowest BCUT2D eigenvalue weighted by Crippen LogP contribution is -2.10. The van der Waals surface area contributed by atoms with Crippen molar-refractivity contribution in [1.82, 2.24) is 9.97 Å². The molecule has 0 fully saturated rings. The highest BCUT2D eigenvalue weighted by molar-refractivity contribution is 5.85. The van der Waals surface area contributed by atoms with Gasteiger partial charge in [-0.3, -0.25) is 4.98 Å². The molecule has 0 saturated heterocycles. The molecule has 2 nitrogen and oxygen atoms in total. The number of alkyl halides is 1. The first kappa shape index (κ1) is 11.1. The second-order valence-electron chi connectivity index (χ2n) is 4.57. The Balaban J connectivity index is 2.16. The van der Waals surface area contributed by atoms with E-state index in [9.17, 15) is 8.78 Å². The Bertz CT molecular complexity index is 634. The van der Waals surface area contributed by atoms with Gasteiger partial charge < -0.3 is 4.98 Å². The van der Waals surface area contributed by atoms with Gasteiger partial charge in [-0.05, 0) is 25.1 Å². The molecular formula is C14H12F2N2. The first-order chi connectivity index (χ1) is 8.65. The van der Waals surface area contributed by atoms with Gasteiger partial charge in [0.25, 0.3) is 0 Å². The molecule has 2 aromatic heterocycles. The molecule has 1 aliphatic carbocycles. The molecule has 0 aliphatic heterocycles. The van der Waals surface area contributed by atoms with Gasteiger partial charge in [0.2, 0.25) is 0 Å². The zero-order chi connectivity index (χ0) is 12.7. The van der Waals surface area contributed by atoms with E-state index < -0.39 is 12.0 Å². The number of nitrogens with zero attached hydrogens (tertiary/aromatic N) is 1. The third-order valence-corrected chi connectivity index (χ3v) is 3.16. The molecule has 0 aromatic carbocycles. The molecule has 1 aliphatic rings. The van der Waals surface area contributed by atoms with Crippen molar-refractivity contribution in [3.63, 3.8) is 0 Å². The van der Waals surface area contributed by atoms with E-state index >= 15 is 0 Å². The van der Waals surface area contributed by atoms with Crippen LogP contribution in [0.25, 0.3) is 16.5 Å². The number of aromatic nitrogens is 2. The van der Waals surface area contributed by atoms with Crippen LogP contribution >= 0.6 is 0 Å². The summed E-state index contributed by atoms with van der Waals surface area (Å²) in [4.78, 5) is 7.02. The first-order valence-electron chi connectivity index (χ1n) is 5.79. The Morgan fingerprint density at radius 3 is 3.00 bits per heavy atom. The van der Waals surface area contributed by atoms with Crippen molar-refractivity contribution >= 4 is 16.5 Å². The third-order valence-electron chi connectivity index (χ3n) is 3.16. The molecule has 1 unspecified atom stereocenters. The maximum absolute atomic E-state index is 14.0. The molecular weight excluding hydrogens is 234 g/mol. The molecule has 0 amide bonds. The van der Waals surface area contributed by atoms with Crippen molar-refractivity contribution in [2.45, 2.75) is 19.5 Å². The van der Waals surface area contributed by atoms with Gasteiger partial charge in [0.1, 0.15) is 12.0 Å². The number of hydrogen-bond donors (Lipinski definition) is 1. The second kappa shape index (κ2) is 4.05. The third kappa shape index (κ3) is 1.74. The highest BCUT2D eigenvalue weighted by atomic mass is 19.1. The fourth-order valence-corrected chi connectivity index (χ4v) is 2.30. The van der Waals surface area contributed by atoms with Crippen LogP contribution in [0, 0.1) is 0 Å². The van der Waals surface area contributed by atoms with E-state index in [2.05, 4.69) is 9.97 Å². The van der Waals surface area contributed by atoms with Gasteiger partial charge in [-0.2, -0.15) is 0 Å². The molecule has 2 heterocycles. The molecule has 1 atom stereocenters. The smallest absolute Gasteiger partial charge is 0.134 e. The van der Waals surface area contributed by atoms with E-state index in [1.165, 1.54) is 6.08 Å². The summed E-state index contributed by atoms with van der Waals surface area (Å²) in [6.07, 6.45) is 3.66. The Morgan fingerprint density at radius 2 is 2.28 bits per heavy atom. The zero-order valence-corrected chi connectivity index (χ0v) is 9.87. The van der Waals surface area contributed by atoms with Crippen LogP contribution in [0.3, 0.4) is 0 Å². The van der Waals surface area contributed by atoms with Crippen molar-refractivity contribution in [3.05, 3.63) is 47.7 Å². The summed E-state index contributed by atoms with van der Waals surface area (Å²) in [5.41, 5.74) is 2.16. The lowest BCUT2D eigenvalue weighted by Gasteiger charge is -2.17. The Kier molecular flexibility index (Phi) is 2.51. The summed E-state index contributed by atoms with van der Waals surface area (Å²) in [6, 6.07) is 3.52. The maximum atomic E-state index is 14.0. The van der Waals surface area contributed by atoms with Crippen LogP contribution < -0.4 is 0 Å². The van der Waals surface area contributed by atoms with Gasteiger partial charge >= 0.3 is 0 Å². The average Bonchev–Trinajstić information content (AvgIpc) is 2.70. The fourth-order valence-electron chi connectivity index (χ4n) is 2.30. The van der Waals surface area contributed by atoms with Gasteiger partial charge in [-0.25, -0.2) is 8.78 Å². The van der Waals surface area contributed by atoms with Gasteiger partial charge in [-0.15, -0.1) is 0 Å². The molecule has 2 aromatic rings. The van der Waals surface area contributed by atoms with Gasteiger partial charge in [0.05, 0.1) is 0 Å². The summed E-state index contributed by atoms with van der Waals surface area (Å²) < 4.78 is 27.9. The Hall–Kier alpha value is -1.97. The van der Waals surface area contributed by atoms with Gasteiger partial charge in [-0.1, -0.05) is 5.57 Å². The summed E-state index contributed by atoms with van der Waals surface area (Å²) >= 11 is 0. The minimum Gasteiger partial charge on any atom is -0.355 e. The van der Waals surface area contributed by atoms with Crippen LogP contribution in [0.15, 0.2) is 42.0 Å². The van der Waals surface area contributed by atoms with Crippen LogP contribution in [-0.4, -0.2) is 16.1 Å². The van der Waals surface area contributed by atoms with Crippen LogP contribution in [-0.2, 0) is 0 Å². The number of aromatic amines is 1. The monoisotopic (exact) mass is 246 g/mol. The molecule has 0 radical (unpaired) electrons. The lowest BCUT2D eigenvalue weighted by atomic mass is 9.94. The summed E-state index contributed by atoms with van der Waals surface area (Å²) in [7, 11) is 0. The molecule has 0 bridgehead atoms. The molecule has 4 heteroatoms. The molecule has 1 N–H and O–H groups in total. The quantitative estimate of drug-likeness (QED) is 0.811. The van der Waals surface area contributed by atoms with Crippen LogP contribution in [0.2, 0.25) is 0 Å². The van der Waals surface area contributed by atoms with E-state index in [0.717, 1.165) is 16.5 Å². The van der Waals surface area contributed by atoms with Crippen LogP contribution in [0.4, 0.5) is 8.78 Å². The molecule has 18 heavy (non-hydrogen) atoms. The largest absolute Gasteiger partial charge is 0.355 e. The average molecular weight is 246 g/mol. The molecule has 0 spiro atoms. The second-order valence-corrected chi connectivity index (χ2v) is 4.57. The summed E-state index contributed by atoms with van der Waals surface area (Å²) in [5, 5.41) is 0.853. The van der Waals surface area contributed by atoms with Gasteiger partial charge in [0.15, 0.2) is 0 Å². The number of H-pyrrole nitrogens is 1. The Labute approximate surface area is 103 Å². The van der Waals surface area contributed by atoms with E-state index in [1.54, 1.807) is 31.5 Å². The maximum Gasteiger partial charge on any atom is 0.134 e. The van der Waals surface area contributed by atoms with Crippen LogP contribution in [0.5, 0.6) is 0 Å². The topological polar surface area (TPSA) is 28.7 Å². The standard InChI is InChI=1S/C14H12F2N2/c1-8-4-10(15)14(11(16)5-8)13-6-9-7-17-3-2-12(9)18-13/h2-4,6-7,11,18H,5H2,1H3. The number of halogens is 2. The van der Waals surface area contributed by atoms with Crippen molar-refractivity contribution in [1.29, 1.82) is 0 Å². The number of hydrogen-bond acceptors (Lipinski definition) is 1. The molecule has 92 valence electrons. The SMILES string of the molecule is CC1=CC(F)=C(c2cc3cnccc3[nH]2)C(F)C1. The van der Waals surface area contributed by atoms with E-state index in [-0.39, 0.29) is 12.0 Å². The number of allylic oxidation sites excluding steroid dienone is 4. The van der Waals surface area contributed by atoms with Crippen LogP contribution in [0.1, 0.15) is 19.0 Å². The minimum atomic E-state index is -1.30. The lowest BCUT2D eigenvalue weighted by molar-refractivity contribution is 0.398. The first-order valence-corrected chi connectivity index (χ1v) is 5.79. The highest BCUT2D eigenvalue weighted by Gasteiger charge is 2.25.